The first-order chi connectivity index (χ1) is 20.1. The zero-order valence-electron chi connectivity index (χ0n) is 24.8. The van der Waals surface area contributed by atoms with Crippen LogP contribution in [0.5, 0.6) is 5.75 Å². The second-order valence-electron chi connectivity index (χ2n) is 12.1. The highest BCUT2D eigenvalue weighted by Crippen LogP contribution is 2.37. The summed E-state index contributed by atoms with van der Waals surface area (Å²) in [5.74, 6) is 0.328. The van der Waals surface area contributed by atoms with E-state index in [1.54, 1.807) is 17.9 Å². The second kappa shape index (κ2) is 11.0. The van der Waals surface area contributed by atoms with E-state index in [0.717, 1.165) is 43.6 Å². The third kappa shape index (κ3) is 5.45. The summed E-state index contributed by atoms with van der Waals surface area (Å²) in [6.07, 6.45) is 5.58. The number of anilines is 1. The van der Waals surface area contributed by atoms with Crippen molar-refractivity contribution in [2.24, 2.45) is 7.05 Å². The molecule has 0 N–H and O–H groups in total. The van der Waals surface area contributed by atoms with Crippen molar-refractivity contribution in [3.8, 4) is 17.0 Å². The maximum absolute atomic E-state index is 15.5. The minimum absolute atomic E-state index is 0.0450. The molecule has 1 saturated carbocycles. The van der Waals surface area contributed by atoms with Gasteiger partial charge in [-0.25, -0.2) is 19.2 Å². The van der Waals surface area contributed by atoms with Gasteiger partial charge in [0.25, 0.3) is 0 Å². The Morgan fingerprint density at radius 3 is 2.57 bits per heavy atom. The lowest BCUT2D eigenvalue weighted by Gasteiger charge is -2.41. The van der Waals surface area contributed by atoms with Crippen LogP contribution in [-0.2, 0) is 16.5 Å². The van der Waals surface area contributed by atoms with Gasteiger partial charge in [0.1, 0.15) is 16.9 Å². The molecule has 4 aromatic rings. The summed E-state index contributed by atoms with van der Waals surface area (Å²) < 4.78 is 33.5. The highest BCUT2D eigenvalue weighted by atomic mass is 19.1. The van der Waals surface area contributed by atoms with Gasteiger partial charge in [0.05, 0.1) is 22.8 Å². The van der Waals surface area contributed by atoms with Crippen molar-refractivity contribution >= 4 is 33.8 Å². The summed E-state index contributed by atoms with van der Waals surface area (Å²) >= 11 is 0. The van der Waals surface area contributed by atoms with E-state index in [4.69, 9.17) is 24.2 Å². The van der Waals surface area contributed by atoms with Crippen LogP contribution in [0.1, 0.15) is 46.5 Å². The minimum Gasteiger partial charge on any atom is -0.464 e. The molecule has 2 aliphatic rings. The minimum atomic E-state index is -0.554. The lowest BCUT2D eigenvalue weighted by molar-refractivity contribution is -0.00351. The van der Waals surface area contributed by atoms with Gasteiger partial charge in [-0.2, -0.15) is 5.10 Å². The third-order valence-electron chi connectivity index (χ3n) is 7.89. The molecule has 3 aromatic heterocycles. The van der Waals surface area contributed by atoms with Gasteiger partial charge in [-0.1, -0.05) is 0 Å². The molecule has 1 aliphatic heterocycles. The fourth-order valence-corrected chi connectivity index (χ4v) is 5.76. The molecule has 4 heterocycles. The summed E-state index contributed by atoms with van der Waals surface area (Å²) in [7, 11) is 3.23. The standard InChI is InChI=1S/C31H37FN6O4/c1-31(2,3)42-30(39)38(20-7-6-8-20)21-13-14-37(17-21)26-12-11-24-25(34-26)10-9-23(33-24)22-15-19-16-36(4)35-28(19)27(32)29(22)41-18-40-5/h9-12,15-16,20-21H,6-8,13-14,17-18H2,1-5H3/t21-/m0/s1. The number of aryl methyl sites for hydroxylation is 1. The predicted octanol–water partition coefficient (Wildman–Crippen LogP) is 5.67. The van der Waals surface area contributed by atoms with Crippen molar-refractivity contribution < 1.29 is 23.4 Å². The Balaban J connectivity index is 1.26. The van der Waals surface area contributed by atoms with Crippen LogP contribution in [0.3, 0.4) is 0 Å². The summed E-state index contributed by atoms with van der Waals surface area (Å²) in [6.45, 7) is 7.11. The number of rotatable bonds is 7. The van der Waals surface area contributed by atoms with Crippen molar-refractivity contribution in [3.05, 3.63) is 42.3 Å². The predicted molar refractivity (Wildman–Crippen MR) is 158 cm³/mol. The van der Waals surface area contributed by atoms with Crippen molar-refractivity contribution in [1.82, 2.24) is 24.6 Å². The van der Waals surface area contributed by atoms with Crippen LogP contribution in [-0.4, -0.2) is 75.4 Å². The normalized spacial score (nSPS) is 17.6. The van der Waals surface area contributed by atoms with Crippen LogP contribution in [0.4, 0.5) is 15.0 Å². The molecule has 42 heavy (non-hydrogen) atoms. The van der Waals surface area contributed by atoms with E-state index in [1.807, 2.05) is 56.0 Å². The summed E-state index contributed by atoms with van der Waals surface area (Å²) in [6, 6.07) is 9.74. The molecule has 0 spiro atoms. The van der Waals surface area contributed by atoms with Crippen molar-refractivity contribution in [1.29, 1.82) is 0 Å². The van der Waals surface area contributed by atoms with E-state index in [-0.39, 0.29) is 36.2 Å². The Bertz CT molecular complexity index is 1630. The molecule has 1 saturated heterocycles. The summed E-state index contributed by atoms with van der Waals surface area (Å²) in [5.41, 5.74) is 2.17. The first kappa shape index (κ1) is 28.1. The average molecular weight is 577 g/mol. The van der Waals surface area contributed by atoms with Crippen LogP contribution in [0.25, 0.3) is 33.2 Å². The molecule has 0 bridgehead atoms. The molecule has 0 radical (unpaired) electrons. The number of hydrogen-bond acceptors (Lipinski definition) is 8. The van der Waals surface area contributed by atoms with Gasteiger partial charge in [-0.05, 0) is 76.8 Å². The molecule has 0 unspecified atom stereocenters. The molecular formula is C31H37FN6O4. The average Bonchev–Trinajstić information content (AvgIpc) is 3.55. The number of methoxy groups -OCH3 is 1. The lowest BCUT2D eigenvalue weighted by Crippen LogP contribution is -2.52. The van der Waals surface area contributed by atoms with Gasteiger partial charge in [0, 0.05) is 50.4 Å². The zero-order chi connectivity index (χ0) is 29.6. The lowest BCUT2D eigenvalue weighted by atomic mass is 9.90. The topological polar surface area (TPSA) is 94.8 Å². The molecule has 11 heteroatoms. The van der Waals surface area contributed by atoms with E-state index >= 15 is 4.39 Å². The van der Waals surface area contributed by atoms with E-state index in [1.165, 1.54) is 7.11 Å². The van der Waals surface area contributed by atoms with E-state index in [9.17, 15) is 4.79 Å². The number of nitrogens with zero attached hydrogens (tertiary/aromatic N) is 6. The highest BCUT2D eigenvalue weighted by molar-refractivity contribution is 5.89. The van der Waals surface area contributed by atoms with E-state index in [2.05, 4.69) is 10.00 Å². The molecule has 222 valence electrons. The largest absolute Gasteiger partial charge is 0.464 e. The molecule has 1 atom stereocenters. The maximum atomic E-state index is 15.5. The monoisotopic (exact) mass is 576 g/mol. The number of pyridine rings is 2. The maximum Gasteiger partial charge on any atom is 0.410 e. The van der Waals surface area contributed by atoms with E-state index in [0.29, 0.717) is 28.7 Å². The Labute approximate surface area is 244 Å². The molecule has 1 aliphatic carbocycles. The number of ether oxygens (including phenoxy) is 3. The van der Waals surface area contributed by atoms with Crippen molar-refractivity contribution in [2.45, 2.75) is 64.1 Å². The molecule has 6 rings (SSSR count). The first-order valence-corrected chi connectivity index (χ1v) is 14.4. The number of amides is 1. The molecule has 10 nitrogen and oxygen atoms in total. The third-order valence-corrected chi connectivity index (χ3v) is 7.89. The van der Waals surface area contributed by atoms with Gasteiger partial charge >= 0.3 is 6.09 Å². The van der Waals surface area contributed by atoms with Gasteiger partial charge in [0.2, 0.25) is 0 Å². The molecule has 2 fully saturated rings. The Morgan fingerprint density at radius 2 is 1.86 bits per heavy atom. The highest BCUT2D eigenvalue weighted by Gasteiger charge is 2.40. The molecular weight excluding hydrogens is 539 g/mol. The van der Waals surface area contributed by atoms with E-state index < -0.39 is 11.4 Å². The Hall–Kier alpha value is -3.99. The quantitative estimate of drug-likeness (QED) is 0.260. The smallest absolute Gasteiger partial charge is 0.410 e. The van der Waals surface area contributed by atoms with Crippen LogP contribution in [0, 0.1) is 5.82 Å². The van der Waals surface area contributed by atoms with Crippen LogP contribution < -0.4 is 9.64 Å². The fourth-order valence-electron chi connectivity index (χ4n) is 5.76. The van der Waals surface area contributed by atoms with Gasteiger partial charge in [-0.15, -0.1) is 0 Å². The number of carbonyl (C=O) groups excluding carboxylic acids is 1. The molecule has 1 amide bonds. The number of carbonyl (C=O) groups is 1. The number of fused-ring (bicyclic) bond motifs is 2. The number of hydrogen-bond donors (Lipinski definition) is 0. The SMILES string of the molecule is COCOc1c(-c2ccc3nc(N4CC[C@H](N(C(=O)OC(C)(C)C)C5CCC5)C4)ccc3n2)cc2cn(C)nc2c1F. The molecule has 1 aromatic carbocycles. The summed E-state index contributed by atoms with van der Waals surface area (Å²) in [5, 5.41) is 4.88. The Kier molecular flexibility index (Phi) is 7.38. The summed E-state index contributed by atoms with van der Waals surface area (Å²) in [4.78, 5) is 27.1. The number of halogens is 1. The fraction of sp³-hybridized carbons (Fsp3) is 0.484. The second-order valence-corrected chi connectivity index (χ2v) is 12.1. The van der Waals surface area contributed by atoms with Gasteiger partial charge in [0.15, 0.2) is 18.4 Å². The number of aromatic nitrogens is 4. The van der Waals surface area contributed by atoms with Crippen LogP contribution in [0.2, 0.25) is 0 Å². The van der Waals surface area contributed by atoms with Gasteiger partial charge in [-0.3, -0.25) is 4.68 Å². The zero-order valence-corrected chi connectivity index (χ0v) is 24.8. The van der Waals surface area contributed by atoms with Crippen molar-refractivity contribution in [3.63, 3.8) is 0 Å². The number of benzene rings is 1. The first-order valence-electron chi connectivity index (χ1n) is 14.4. The van der Waals surface area contributed by atoms with Crippen LogP contribution in [0.15, 0.2) is 36.5 Å². The van der Waals surface area contributed by atoms with Gasteiger partial charge < -0.3 is 24.0 Å². The van der Waals surface area contributed by atoms with Crippen LogP contribution >= 0.6 is 0 Å². The Morgan fingerprint density at radius 1 is 1.10 bits per heavy atom. The van der Waals surface area contributed by atoms with Crippen molar-refractivity contribution in [2.75, 3.05) is 31.9 Å².